The molecule has 0 spiro atoms. The fourth-order valence-corrected chi connectivity index (χ4v) is 2.49. The number of halogens is 1. The van der Waals surface area contributed by atoms with Crippen molar-refractivity contribution in [3.8, 4) is 5.75 Å². The van der Waals surface area contributed by atoms with Crippen molar-refractivity contribution < 1.29 is 29.0 Å². The maximum atomic E-state index is 12.1. The molecule has 1 aliphatic heterocycles. The van der Waals surface area contributed by atoms with Gasteiger partial charge in [-0.2, -0.15) is 0 Å². The van der Waals surface area contributed by atoms with E-state index in [0.717, 1.165) is 0 Å². The Kier molecular flexibility index (Phi) is 6.46. The van der Waals surface area contributed by atoms with Gasteiger partial charge in [0.25, 0.3) is 5.91 Å². The molecule has 0 unspecified atom stereocenters. The average molecular weight is 371 g/mol. The number of phenolic OH excluding ortho intramolecular Hbond substituents is 1. The third-order valence-corrected chi connectivity index (χ3v) is 3.90. The Morgan fingerprint density at radius 2 is 1.76 bits per heavy atom. The topological polar surface area (TPSA) is 96.4 Å². The van der Waals surface area contributed by atoms with Crippen LogP contribution in [0.5, 0.6) is 5.75 Å². The lowest BCUT2D eigenvalue weighted by molar-refractivity contribution is -0.136. The van der Waals surface area contributed by atoms with Crippen molar-refractivity contribution in [3.63, 3.8) is 0 Å². The van der Waals surface area contributed by atoms with Crippen LogP contribution < -0.4 is 0 Å². The highest BCUT2D eigenvalue weighted by molar-refractivity contribution is 6.31. The summed E-state index contributed by atoms with van der Waals surface area (Å²) in [6.07, 6.45) is -0.405. The van der Waals surface area contributed by atoms with Crippen LogP contribution in [-0.2, 0) is 14.3 Å². The van der Waals surface area contributed by atoms with Crippen molar-refractivity contribution in [2.45, 2.75) is 6.92 Å². The zero-order valence-electron chi connectivity index (χ0n) is 13.7. The Bertz CT molecular complexity index is 658. The predicted molar refractivity (Wildman–Crippen MR) is 88.6 cm³/mol. The molecule has 2 rings (SSSR count). The molecule has 9 heteroatoms. The van der Waals surface area contributed by atoms with Crippen LogP contribution in [0.2, 0.25) is 5.02 Å². The van der Waals surface area contributed by atoms with E-state index in [2.05, 4.69) is 0 Å². The summed E-state index contributed by atoms with van der Waals surface area (Å²) in [5.41, 5.74) is -0.104. The third kappa shape index (κ3) is 4.99. The fourth-order valence-electron chi connectivity index (χ4n) is 2.32. The number of hydrogen-bond donors (Lipinski definition) is 1. The number of hydrogen-bond acceptors (Lipinski definition) is 6. The van der Waals surface area contributed by atoms with Gasteiger partial charge in [-0.25, -0.2) is 9.59 Å². The number of aromatic hydroxyl groups is 1. The molecule has 0 atom stereocenters. The maximum absolute atomic E-state index is 12.1. The fraction of sp³-hybridized carbons (Fsp3) is 0.438. The molecule has 25 heavy (non-hydrogen) atoms. The zero-order valence-corrected chi connectivity index (χ0v) is 14.5. The third-order valence-electron chi connectivity index (χ3n) is 3.66. The van der Waals surface area contributed by atoms with E-state index < -0.39 is 18.7 Å². The van der Waals surface area contributed by atoms with E-state index in [1.54, 1.807) is 6.92 Å². The van der Waals surface area contributed by atoms with Gasteiger partial charge in [0, 0.05) is 31.2 Å². The second-order valence-electron chi connectivity index (χ2n) is 5.30. The Morgan fingerprint density at radius 3 is 2.40 bits per heavy atom. The van der Waals surface area contributed by atoms with Gasteiger partial charge in [-0.05, 0) is 25.1 Å². The van der Waals surface area contributed by atoms with E-state index in [1.807, 2.05) is 0 Å². The lowest BCUT2D eigenvalue weighted by Gasteiger charge is -2.33. The van der Waals surface area contributed by atoms with Crippen molar-refractivity contribution in [3.05, 3.63) is 28.8 Å². The first kappa shape index (κ1) is 18.9. The number of rotatable bonds is 4. The maximum Gasteiger partial charge on any atom is 0.409 e. The van der Waals surface area contributed by atoms with Crippen LogP contribution >= 0.6 is 11.6 Å². The number of carbonyl (C=O) groups is 3. The van der Waals surface area contributed by atoms with Gasteiger partial charge in [0.15, 0.2) is 6.61 Å². The molecule has 1 N–H and O–H groups in total. The average Bonchev–Trinajstić information content (AvgIpc) is 2.61. The summed E-state index contributed by atoms with van der Waals surface area (Å²) in [4.78, 5) is 38.7. The Labute approximate surface area is 149 Å². The number of ether oxygens (including phenoxy) is 2. The Balaban J connectivity index is 1.82. The highest BCUT2D eigenvalue weighted by atomic mass is 35.5. The number of benzene rings is 1. The molecule has 136 valence electrons. The molecule has 1 aliphatic rings. The second kappa shape index (κ2) is 8.57. The van der Waals surface area contributed by atoms with Gasteiger partial charge in [0.2, 0.25) is 0 Å². The molecule has 1 aromatic rings. The van der Waals surface area contributed by atoms with Gasteiger partial charge < -0.3 is 24.4 Å². The normalized spacial score (nSPS) is 14.2. The summed E-state index contributed by atoms with van der Waals surface area (Å²) < 4.78 is 9.84. The lowest BCUT2D eigenvalue weighted by atomic mass is 10.2. The van der Waals surface area contributed by atoms with Crippen LogP contribution in [-0.4, -0.2) is 72.3 Å². The summed E-state index contributed by atoms with van der Waals surface area (Å²) in [5.74, 6) is -1.48. The minimum absolute atomic E-state index is 0.104. The monoisotopic (exact) mass is 370 g/mol. The number of amides is 2. The van der Waals surface area contributed by atoms with Gasteiger partial charge in [-0.1, -0.05) is 11.6 Å². The van der Waals surface area contributed by atoms with E-state index >= 15 is 0 Å². The van der Waals surface area contributed by atoms with Crippen LogP contribution in [0.4, 0.5) is 4.79 Å². The van der Waals surface area contributed by atoms with Gasteiger partial charge >= 0.3 is 12.1 Å². The van der Waals surface area contributed by atoms with Crippen molar-refractivity contribution >= 4 is 29.6 Å². The second-order valence-corrected chi connectivity index (χ2v) is 5.74. The molecule has 1 fully saturated rings. The van der Waals surface area contributed by atoms with E-state index in [4.69, 9.17) is 21.1 Å². The molecule has 0 radical (unpaired) electrons. The summed E-state index contributed by atoms with van der Waals surface area (Å²) in [6.45, 7) is 2.94. The molecule has 0 bridgehead atoms. The first-order valence-electron chi connectivity index (χ1n) is 7.77. The molecule has 1 aromatic carbocycles. The van der Waals surface area contributed by atoms with E-state index in [1.165, 1.54) is 28.0 Å². The highest BCUT2D eigenvalue weighted by Crippen LogP contribution is 2.22. The minimum Gasteiger partial charge on any atom is -0.507 e. The van der Waals surface area contributed by atoms with Gasteiger partial charge in [-0.15, -0.1) is 0 Å². The van der Waals surface area contributed by atoms with E-state index in [9.17, 15) is 19.5 Å². The quantitative estimate of drug-likeness (QED) is 0.807. The molecule has 0 aromatic heterocycles. The standard InChI is InChI=1S/C16H19ClN2O6/c1-2-24-16(23)19-7-5-18(6-8-19)14(21)10-25-15(22)12-9-11(17)3-4-13(12)20/h3-4,9,20H,2,5-8,10H2,1H3. The smallest absolute Gasteiger partial charge is 0.409 e. The first-order valence-corrected chi connectivity index (χ1v) is 8.15. The van der Waals surface area contributed by atoms with E-state index in [0.29, 0.717) is 32.8 Å². The minimum atomic E-state index is -0.835. The number of piperazine rings is 1. The largest absolute Gasteiger partial charge is 0.507 e. The van der Waals surface area contributed by atoms with Crippen LogP contribution in [0.3, 0.4) is 0 Å². The molecule has 8 nitrogen and oxygen atoms in total. The van der Waals surface area contributed by atoms with Crippen molar-refractivity contribution in [1.29, 1.82) is 0 Å². The number of esters is 1. The van der Waals surface area contributed by atoms with Crippen LogP contribution in [0.25, 0.3) is 0 Å². The summed E-state index contributed by atoms with van der Waals surface area (Å²) in [6, 6.07) is 3.97. The predicted octanol–water partition coefficient (Wildman–Crippen LogP) is 1.50. The van der Waals surface area contributed by atoms with Crippen molar-refractivity contribution in [2.75, 3.05) is 39.4 Å². The highest BCUT2D eigenvalue weighted by Gasteiger charge is 2.25. The van der Waals surface area contributed by atoms with Crippen molar-refractivity contribution in [1.82, 2.24) is 9.80 Å². The van der Waals surface area contributed by atoms with Gasteiger partial charge in [0.1, 0.15) is 11.3 Å². The van der Waals surface area contributed by atoms with Crippen LogP contribution in [0.1, 0.15) is 17.3 Å². The molecular formula is C16H19ClN2O6. The molecule has 0 saturated carbocycles. The molecule has 1 heterocycles. The molecular weight excluding hydrogens is 352 g/mol. The summed E-state index contributed by atoms with van der Waals surface area (Å²) in [7, 11) is 0. The Hall–Kier alpha value is -2.48. The van der Waals surface area contributed by atoms with Gasteiger partial charge in [-0.3, -0.25) is 4.79 Å². The molecule has 0 aliphatic carbocycles. The van der Waals surface area contributed by atoms with Crippen molar-refractivity contribution in [2.24, 2.45) is 0 Å². The lowest BCUT2D eigenvalue weighted by Crippen LogP contribution is -2.51. The van der Waals surface area contributed by atoms with Crippen LogP contribution in [0.15, 0.2) is 18.2 Å². The van der Waals surface area contributed by atoms with Crippen LogP contribution in [0, 0.1) is 0 Å². The summed E-state index contributed by atoms with van der Waals surface area (Å²) in [5, 5.41) is 9.91. The summed E-state index contributed by atoms with van der Waals surface area (Å²) >= 11 is 5.77. The molecule has 1 saturated heterocycles. The number of phenols is 1. The Morgan fingerprint density at radius 1 is 1.12 bits per heavy atom. The molecule has 2 amide bonds. The SMILES string of the molecule is CCOC(=O)N1CCN(C(=O)COC(=O)c2cc(Cl)ccc2O)CC1. The van der Waals surface area contributed by atoms with E-state index in [-0.39, 0.29) is 22.2 Å². The first-order chi connectivity index (χ1) is 11.9. The zero-order chi connectivity index (χ0) is 18.4. The number of carbonyl (C=O) groups excluding carboxylic acids is 3. The number of nitrogens with zero attached hydrogens (tertiary/aromatic N) is 2. The van der Waals surface area contributed by atoms with Gasteiger partial charge in [0.05, 0.1) is 6.61 Å².